The Morgan fingerprint density at radius 1 is 1.17 bits per heavy atom. The molecule has 0 spiro atoms. The lowest BCUT2D eigenvalue weighted by molar-refractivity contribution is 0.558. The highest BCUT2D eigenvalue weighted by molar-refractivity contribution is 9.10. The van der Waals surface area contributed by atoms with Crippen LogP contribution in [0.25, 0.3) is 0 Å². The third-order valence-electron chi connectivity index (χ3n) is 2.66. The van der Waals surface area contributed by atoms with Gasteiger partial charge in [0, 0.05) is 15.1 Å². The Labute approximate surface area is 118 Å². The number of hydrazine groups is 1. The fourth-order valence-corrected chi connectivity index (χ4v) is 2.48. The standard InChI is InChI=1S/C13H11BrClFN2/c14-10-2-1-3-11(16)12(10)13(18-17)8-4-6-9(15)7-5-8/h1-7,13,18H,17H2. The highest BCUT2D eigenvalue weighted by Crippen LogP contribution is 2.30. The second-order valence-electron chi connectivity index (χ2n) is 3.79. The third kappa shape index (κ3) is 2.72. The molecule has 0 aliphatic heterocycles. The summed E-state index contributed by atoms with van der Waals surface area (Å²) in [6.45, 7) is 0. The molecular weight excluding hydrogens is 319 g/mol. The average molecular weight is 330 g/mol. The smallest absolute Gasteiger partial charge is 0.129 e. The van der Waals surface area contributed by atoms with E-state index in [9.17, 15) is 4.39 Å². The summed E-state index contributed by atoms with van der Waals surface area (Å²) in [4.78, 5) is 0. The van der Waals surface area contributed by atoms with E-state index in [4.69, 9.17) is 17.4 Å². The van der Waals surface area contributed by atoms with Gasteiger partial charge < -0.3 is 0 Å². The van der Waals surface area contributed by atoms with Crippen molar-refractivity contribution in [3.63, 3.8) is 0 Å². The van der Waals surface area contributed by atoms with E-state index in [1.54, 1.807) is 24.3 Å². The van der Waals surface area contributed by atoms with Crippen LogP contribution in [0.4, 0.5) is 4.39 Å². The fourth-order valence-electron chi connectivity index (χ4n) is 1.79. The van der Waals surface area contributed by atoms with Crippen LogP contribution in [-0.4, -0.2) is 0 Å². The van der Waals surface area contributed by atoms with Gasteiger partial charge in [0.2, 0.25) is 0 Å². The van der Waals surface area contributed by atoms with Gasteiger partial charge in [0.05, 0.1) is 6.04 Å². The van der Waals surface area contributed by atoms with Gasteiger partial charge in [0.1, 0.15) is 5.82 Å². The van der Waals surface area contributed by atoms with Gasteiger partial charge >= 0.3 is 0 Å². The molecule has 2 nitrogen and oxygen atoms in total. The van der Waals surface area contributed by atoms with E-state index in [1.807, 2.05) is 12.1 Å². The maximum Gasteiger partial charge on any atom is 0.129 e. The zero-order valence-electron chi connectivity index (χ0n) is 9.33. The number of rotatable bonds is 3. The Morgan fingerprint density at radius 3 is 2.39 bits per heavy atom. The molecule has 0 bridgehead atoms. The number of nitrogens with one attached hydrogen (secondary N) is 1. The van der Waals surface area contributed by atoms with Gasteiger partial charge in [-0.05, 0) is 29.8 Å². The summed E-state index contributed by atoms with van der Waals surface area (Å²) < 4.78 is 14.6. The number of hydrogen-bond acceptors (Lipinski definition) is 2. The Balaban J connectivity index is 2.48. The molecule has 18 heavy (non-hydrogen) atoms. The summed E-state index contributed by atoms with van der Waals surface area (Å²) in [6.07, 6.45) is 0. The zero-order valence-corrected chi connectivity index (χ0v) is 11.7. The molecule has 0 saturated carbocycles. The van der Waals surface area contributed by atoms with E-state index in [1.165, 1.54) is 6.07 Å². The second-order valence-corrected chi connectivity index (χ2v) is 5.08. The summed E-state index contributed by atoms with van der Waals surface area (Å²) in [5.74, 6) is 5.22. The first-order valence-corrected chi connectivity index (χ1v) is 6.46. The van der Waals surface area contributed by atoms with Crippen molar-refractivity contribution in [2.24, 2.45) is 5.84 Å². The summed E-state index contributed by atoms with van der Waals surface area (Å²) >= 11 is 9.17. The predicted octanol–water partition coefficient (Wildman–Crippen LogP) is 3.79. The molecule has 0 saturated heterocycles. The Kier molecular flexibility index (Phi) is 4.35. The molecule has 2 rings (SSSR count). The van der Waals surface area contributed by atoms with E-state index in [0.717, 1.165) is 5.56 Å². The molecule has 0 aromatic heterocycles. The van der Waals surface area contributed by atoms with Gasteiger partial charge in [0.15, 0.2) is 0 Å². The van der Waals surface area contributed by atoms with Crippen molar-refractivity contribution in [3.8, 4) is 0 Å². The first-order valence-electron chi connectivity index (χ1n) is 5.29. The van der Waals surface area contributed by atoms with Gasteiger partial charge in [-0.3, -0.25) is 5.84 Å². The quantitative estimate of drug-likeness (QED) is 0.664. The SMILES string of the molecule is NNC(c1ccc(Cl)cc1)c1c(F)cccc1Br. The topological polar surface area (TPSA) is 38.0 Å². The molecule has 1 atom stereocenters. The normalized spacial score (nSPS) is 12.4. The minimum Gasteiger partial charge on any atom is -0.271 e. The number of benzene rings is 2. The van der Waals surface area contributed by atoms with Crippen LogP contribution >= 0.6 is 27.5 Å². The third-order valence-corrected chi connectivity index (χ3v) is 3.60. The monoisotopic (exact) mass is 328 g/mol. The van der Waals surface area contributed by atoms with Crippen molar-refractivity contribution in [1.29, 1.82) is 0 Å². The van der Waals surface area contributed by atoms with Gasteiger partial charge in [-0.25, -0.2) is 9.82 Å². The summed E-state index contributed by atoms with van der Waals surface area (Å²) in [6, 6.07) is 11.5. The molecule has 0 amide bonds. The van der Waals surface area contributed by atoms with E-state index < -0.39 is 6.04 Å². The van der Waals surface area contributed by atoms with Crippen LogP contribution in [0.5, 0.6) is 0 Å². The van der Waals surface area contributed by atoms with Gasteiger partial charge in [-0.2, -0.15) is 0 Å². The predicted molar refractivity (Wildman–Crippen MR) is 74.7 cm³/mol. The second kappa shape index (κ2) is 5.80. The summed E-state index contributed by atoms with van der Waals surface area (Å²) in [7, 11) is 0. The van der Waals surface area contributed by atoms with Crippen LogP contribution in [0.15, 0.2) is 46.9 Å². The first kappa shape index (κ1) is 13.5. The molecule has 0 heterocycles. The van der Waals surface area contributed by atoms with Crippen LogP contribution in [0, 0.1) is 5.82 Å². The lowest BCUT2D eigenvalue weighted by Gasteiger charge is -2.19. The van der Waals surface area contributed by atoms with Crippen LogP contribution in [0.3, 0.4) is 0 Å². The average Bonchev–Trinajstić information content (AvgIpc) is 2.35. The van der Waals surface area contributed by atoms with Gasteiger partial charge in [0.25, 0.3) is 0 Å². The van der Waals surface area contributed by atoms with Crippen LogP contribution in [0.2, 0.25) is 5.02 Å². The number of hydrogen-bond donors (Lipinski definition) is 2. The molecule has 2 aromatic rings. The van der Waals surface area contributed by atoms with E-state index in [2.05, 4.69) is 21.4 Å². The Hall–Kier alpha value is -0.940. The molecule has 5 heteroatoms. The zero-order chi connectivity index (χ0) is 13.1. The van der Waals surface area contributed by atoms with Crippen LogP contribution in [-0.2, 0) is 0 Å². The molecule has 94 valence electrons. The Morgan fingerprint density at radius 2 is 1.83 bits per heavy atom. The number of nitrogens with two attached hydrogens (primary N) is 1. The highest BCUT2D eigenvalue weighted by Gasteiger charge is 2.19. The first-order chi connectivity index (χ1) is 8.63. The minimum absolute atomic E-state index is 0.317. The maximum atomic E-state index is 13.9. The summed E-state index contributed by atoms with van der Waals surface area (Å²) in [5.41, 5.74) is 3.94. The van der Waals surface area contributed by atoms with Crippen molar-refractivity contribution >= 4 is 27.5 Å². The molecule has 0 radical (unpaired) electrons. The lowest BCUT2D eigenvalue weighted by Crippen LogP contribution is -2.29. The fraction of sp³-hybridized carbons (Fsp3) is 0.0769. The highest BCUT2D eigenvalue weighted by atomic mass is 79.9. The van der Waals surface area contributed by atoms with Crippen molar-refractivity contribution in [1.82, 2.24) is 5.43 Å². The van der Waals surface area contributed by atoms with Gasteiger partial charge in [-0.15, -0.1) is 0 Å². The summed E-state index contributed by atoms with van der Waals surface area (Å²) in [5, 5.41) is 0.627. The van der Waals surface area contributed by atoms with Crippen LogP contribution in [0.1, 0.15) is 17.2 Å². The molecule has 0 fully saturated rings. The van der Waals surface area contributed by atoms with E-state index >= 15 is 0 Å². The molecule has 0 aliphatic carbocycles. The number of halogens is 3. The molecule has 3 N–H and O–H groups in total. The van der Waals surface area contributed by atoms with Crippen molar-refractivity contribution in [2.45, 2.75) is 6.04 Å². The van der Waals surface area contributed by atoms with E-state index in [0.29, 0.717) is 15.1 Å². The van der Waals surface area contributed by atoms with Crippen LogP contribution < -0.4 is 11.3 Å². The Bertz CT molecular complexity index is 525. The van der Waals surface area contributed by atoms with Crippen molar-refractivity contribution in [3.05, 3.63) is 68.9 Å². The van der Waals surface area contributed by atoms with Crippen molar-refractivity contribution < 1.29 is 4.39 Å². The largest absolute Gasteiger partial charge is 0.271 e. The van der Waals surface area contributed by atoms with E-state index in [-0.39, 0.29) is 5.82 Å². The maximum absolute atomic E-state index is 13.9. The molecular formula is C13H11BrClFN2. The minimum atomic E-state index is -0.433. The molecule has 0 aliphatic rings. The van der Waals surface area contributed by atoms with Crippen molar-refractivity contribution in [2.75, 3.05) is 0 Å². The lowest BCUT2D eigenvalue weighted by atomic mass is 9.99. The molecule has 1 unspecified atom stereocenters. The van der Waals surface area contributed by atoms with Gasteiger partial charge in [-0.1, -0.05) is 45.7 Å². The molecule has 2 aromatic carbocycles.